The van der Waals surface area contributed by atoms with Crippen LogP contribution in [-0.2, 0) is 11.0 Å². The number of amides is 2. The second-order valence-electron chi connectivity index (χ2n) is 6.87. The number of halogens is 3. The second-order valence-corrected chi connectivity index (χ2v) is 6.87. The molecular formula is C20H21F3N4O2. The molecule has 0 aliphatic carbocycles. The normalized spacial score (nSPS) is 17.1. The highest BCUT2D eigenvalue weighted by molar-refractivity contribution is 6.01. The number of likely N-dealkylation sites (tertiary alicyclic amines) is 1. The number of alkyl halides is 3. The molecular weight excluding hydrogens is 385 g/mol. The van der Waals surface area contributed by atoms with Gasteiger partial charge in [-0.25, -0.2) is 0 Å². The topological polar surface area (TPSA) is 58.4 Å². The van der Waals surface area contributed by atoms with Gasteiger partial charge in [-0.3, -0.25) is 14.3 Å². The summed E-state index contributed by atoms with van der Waals surface area (Å²) in [7, 11) is 1.61. The number of hydrogen-bond donors (Lipinski definition) is 0. The molecule has 154 valence electrons. The van der Waals surface area contributed by atoms with E-state index in [9.17, 15) is 22.8 Å². The first kappa shape index (κ1) is 20.6. The molecule has 0 spiro atoms. The summed E-state index contributed by atoms with van der Waals surface area (Å²) in [4.78, 5) is 27.5. The Bertz CT molecular complexity index is 905. The van der Waals surface area contributed by atoms with Gasteiger partial charge in [0.1, 0.15) is 0 Å². The molecule has 0 radical (unpaired) electrons. The van der Waals surface area contributed by atoms with Crippen LogP contribution in [0.4, 0.5) is 18.9 Å². The van der Waals surface area contributed by atoms with Gasteiger partial charge in [0.2, 0.25) is 5.91 Å². The number of likely N-dealkylation sites (N-methyl/N-ethyl adjacent to an activating group) is 1. The number of carbonyl (C=O) groups excluding carboxylic acids is 2. The zero-order chi connectivity index (χ0) is 21.2. The lowest BCUT2D eigenvalue weighted by Crippen LogP contribution is -2.41. The van der Waals surface area contributed by atoms with Gasteiger partial charge < -0.3 is 9.80 Å². The van der Waals surface area contributed by atoms with Gasteiger partial charge in [-0.2, -0.15) is 18.3 Å². The lowest BCUT2D eigenvalue weighted by atomic mass is 10.0. The minimum atomic E-state index is -4.49. The van der Waals surface area contributed by atoms with Gasteiger partial charge in [0.15, 0.2) is 5.69 Å². The molecule has 1 fully saturated rings. The number of rotatable bonds is 4. The zero-order valence-electron chi connectivity index (χ0n) is 15.9. The van der Waals surface area contributed by atoms with E-state index in [1.807, 2.05) is 0 Å². The number of hydrogen-bond acceptors (Lipinski definition) is 3. The molecule has 1 aromatic carbocycles. The molecule has 29 heavy (non-hydrogen) atoms. The molecule has 2 amide bonds. The van der Waals surface area contributed by atoms with Gasteiger partial charge in [0.05, 0.1) is 6.04 Å². The highest BCUT2D eigenvalue weighted by atomic mass is 19.4. The Morgan fingerprint density at radius 2 is 1.93 bits per heavy atom. The maximum absolute atomic E-state index is 12.8. The van der Waals surface area contributed by atoms with Crippen LogP contribution in [0.5, 0.6) is 0 Å². The zero-order valence-corrected chi connectivity index (χ0v) is 15.9. The van der Waals surface area contributed by atoms with E-state index < -0.39 is 11.9 Å². The van der Waals surface area contributed by atoms with Crippen molar-refractivity contribution in [3.63, 3.8) is 0 Å². The number of aromatic nitrogens is 2. The average Bonchev–Trinajstić information content (AvgIpc) is 3.23. The Morgan fingerprint density at radius 1 is 1.24 bits per heavy atom. The van der Waals surface area contributed by atoms with Crippen molar-refractivity contribution in [2.24, 2.45) is 0 Å². The smallest absolute Gasteiger partial charge is 0.337 e. The standard InChI is InChI=1S/C20H21F3N4O2/c1-3-18(28)25(2)15-8-6-14(7-9-15)19(29)26-11-4-5-16(13-26)27-12-10-17(24-27)20(21,22)23/h3,6-10,12,16H,1,4-5,11,13H2,2H3. The van der Waals surface area contributed by atoms with Crippen LogP contribution >= 0.6 is 0 Å². The quantitative estimate of drug-likeness (QED) is 0.730. The minimum Gasteiger partial charge on any atom is -0.337 e. The number of nitrogens with zero attached hydrogens (tertiary/aromatic N) is 4. The molecule has 2 aromatic rings. The van der Waals surface area contributed by atoms with Crippen LogP contribution in [-0.4, -0.2) is 46.6 Å². The van der Waals surface area contributed by atoms with Crippen LogP contribution in [0, 0.1) is 0 Å². The number of carbonyl (C=O) groups is 2. The van der Waals surface area contributed by atoms with E-state index in [-0.39, 0.29) is 24.4 Å². The second kappa shape index (κ2) is 8.10. The van der Waals surface area contributed by atoms with Crippen LogP contribution in [0.15, 0.2) is 49.2 Å². The summed E-state index contributed by atoms with van der Waals surface area (Å²) < 4.78 is 39.7. The number of piperidine rings is 1. The molecule has 1 atom stereocenters. The van der Waals surface area contributed by atoms with Gasteiger partial charge in [-0.15, -0.1) is 0 Å². The van der Waals surface area contributed by atoms with Gasteiger partial charge in [-0.05, 0) is 49.2 Å². The molecule has 6 nitrogen and oxygen atoms in total. The highest BCUT2D eigenvalue weighted by Gasteiger charge is 2.35. The first-order chi connectivity index (χ1) is 13.7. The lowest BCUT2D eigenvalue weighted by molar-refractivity contribution is -0.141. The number of anilines is 1. The molecule has 3 rings (SSSR count). The van der Waals surface area contributed by atoms with Gasteiger partial charge in [0, 0.05) is 37.6 Å². The first-order valence-electron chi connectivity index (χ1n) is 9.12. The van der Waals surface area contributed by atoms with Crippen molar-refractivity contribution in [1.82, 2.24) is 14.7 Å². The van der Waals surface area contributed by atoms with Gasteiger partial charge in [0.25, 0.3) is 5.91 Å². The lowest BCUT2D eigenvalue weighted by Gasteiger charge is -2.33. The largest absolute Gasteiger partial charge is 0.435 e. The molecule has 0 N–H and O–H groups in total. The summed E-state index contributed by atoms with van der Waals surface area (Å²) in [5.74, 6) is -0.470. The van der Waals surface area contributed by atoms with Crippen molar-refractivity contribution in [2.75, 3.05) is 25.0 Å². The molecule has 1 aliphatic heterocycles. The van der Waals surface area contributed by atoms with Gasteiger partial charge >= 0.3 is 6.18 Å². The average molecular weight is 406 g/mol. The van der Waals surface area contributed by atoms with Crippen LogP contribution in [0.2, 0.25) is 0 Å². The molecule has 1 aromatic heterocycles. The van der Waals surface area contributed by atoms with E-state index >= 15 is 0 Å². The van der Waals surface area contributed by atoms with E-state index in [0.29, 0.717) is 30.6 Å². The van der Waals surface area contributed by atoms with Crippen molar-refractivity contribution in [2.45, 2.75) is 25.1 Å². The fraction of sp³-hybridized carbons (Fsp3) is 0.350. The summed E-state index contributed by atoms with van der Waals surface area (Å²) in [6, 6.07) is 7.23. The Balaban J connectivity index is 1.70. The predicted octanol–water partition coefficient (Wildman–Crippen LogP) is 3.53. The van der Waals surface area contributed by atoms with E-state index in [1.165, 1.54) is 21.9 Å². The van der Waals surface area contributed by atoms with Crippen LogP contribution < -0.4 is 4.90 Å². The molecule has 0 saturated carbocycles. The first-order valence-corrected chi connectivity index (χ1v) is 9.12. The summed E-state index contributed by atoms with van der Waals surface area (Å²) in [5, 5.41) is 3.64. The fourth-order valence-corrected chi connectivity index (χ4v) is 3.32. The molecule has 1 unspecified atom stereocenters. The van der Waals surface area contributed by atoms with E-state index in [1.54, 1.807) is 36.2 Å². The van der Waals surface area contributed by atoms with Crippen molar-refractivity contribution >= 4 is 17.5 Å². The van der Waals surface area contributed by atoms with E-state index in [4.69, 9.17) is 0 Å². The number of benzene rings is 1. The molecule has 9 heteroatoms. The summed E-state index contributed by atoms with van der Waals surface area (Å²) >= 11 is 0. The SMILES string of the molecule is C=CC(=O)N(C)c1ccc(C(=O)N2CCCC(n3ccc(C(F)(F)F)n3)C2)cc1. The summed E-state index contributed by atoms with van der Waals surface area (Å²) in [6.07, 6.45) is -0.658. The Labute approximate surface area is 166 Å². The van der Waals surface area contributed by atoms with Crippen LogP contribution in [0.25, 0.3) is 0 Å². The van der Waals surface area contributed by atoms with E-state index in [2.05, 4.69) is 11.7 Å². The predicted molar refractivity (Wildman–Crippen MR) is 101 cm³/mol. The Kier molecular flexibility index (Phi) is 5.76. The maximum Gasteiger partial charge on any atom is 0.435 e. The van der Waals surface area contributed by atoms with Crippen molar-refractivity contribution in [1.29, 1.82) is 0 Å². The highest BCUT2D eigenvalue weighted by Crippen LogP contribution is 2.29. The third-order valence-corrected chi connectivity index (χ3v) is 4.96. The molecule has 0 bridgehead atoms. The third kappa shape index (κ3) is 4.49. The van der Waals surface area contributed by atoms with Crippen LogP contribution in [0.3, 0.4) is 0 Å². The summed E-state index contributed by atoms with van der Waals surface area (Å²) in [6.45, 7) is 4.25. The van der Waals surface area contributed by atoms with Gasteiger partial charge in [-0.1, -0.05) is 6.58 Å². The van der Waals surface area contributed by atoms with Crippen LogP contribution in [0.1, 0.15) is 34.9 Å². The minimum absolute atomic E-state index is 0.206. The monoisotopic (exact) mass is 406 g/mol. The Morgan fingerprint density at radius 3 is 2.52 bits per heavy atom. The van der Waals surface area contributed by atoms with Crippen molar-refractivity contribution in [3.8, 4) is 0 Å². The molecule has 1 saturated heterocycles. The fourth-order valence-electron chi connectivity index (χ4n) is 3.32. The third-order valence-electron chi connectivity index (χ3n) is 4.96. The molecule has 1 aliphatic rings. The molecule has 2 heterocycles. The van der Waals surface area contributed by atoms with E-state index in [0.717, 1.165) is 6.07 Å². The maximum atomic E-state index is 12.8. The van der Waals surface area contributed by atoms with Crippen molar-refractivity contribution in [3.05, 3.63) is 60.4 Å². The Hall–Kier alpha value is -3.10. The van der Waals surface area contributed by atoms with Crippen molar-refractivity contribution < 1.29 is 22.8 Å². The summed E-state index contributed by atoms with van der Waals surface area (Å²) in [5.41, 5.74) is 0.138.